The number of hydrogen-bond donors (Lipinski definition) is 1. The average molecular weight is 379 g/mol. The Balaban J connectivity index is 2.05. The van der Waals surface area contributed by atoms with Crippen molar-refractivity contribution in [2.24, 2.45) is 0 Å². The summed E-state index contributed by atoms with van der Waals surface area (Å²) < 4.78 is 38.6. The number of hydrogen-bond acceptors (Lipinski definition) is 2. The summed E-state index contributed by atoms with van der Waals surface area (Å²) in [7, 11) is 0. The molecule has 0 radical (unpaired) electrons. The molecule has 3 rings (SSSR count). The van der Waals surface area contributed by atoms with E-state index in [1.807, 2.05) is 31.2 Å². The summed E-state index contributed by atoms with van der Waals surface area (Å²) in [5, 5.41) is 0.198. The number of aromatic nitrogens is 2. The second-order valence-corrected chi connectivity index (χ2v) is 6.14. The lowest BCUT2D eigenvalue weighted by Gasteiger charge is -2.08. The number of fused-ring (bicyclic) bond motifs is 1. The topological polar surface area (TPSA) is 45.8 Å². The molecule has 0 spiro atoms. The number of nitrogens with zero attached hydrogens (tertiary/aromatic N) is 1. The van der Waals surface area contributed by atoms with Crippen LogP contribution in [0.1, 0.15) is 29.4 Å². The highest BCUT2D eigenvalue weighted by molar-refractivity contribution is 6.50. The van der Waals surface area contributed by atoms with E-state index in [0.717, 1.165) is 35.7 Å². The largest absolute Gasteiger partial charge is 0.416 e. The van der Waals surface area contributed by atoms with Gasteiger partial charge in [0.05, 0.1) is 21.5 Å². The summed E-state index contributed by atoms with van der Waals surface area (Å²) >= 11 is 6.22. The average Bonchev–Trinajstić information content (AvgIpc) is 2.61. The van der Waals surface area contributed by atoms with Crippen LogP contribution in [0, 0.1) is 0 Å². The smallest absolute Gasteiger partial charge is 0.305 e. The van der Waals surface area contributed by atoms with E-state index in [0.29, 0.717) is 0 Å². The highest BCUT2D eigenvalue weighted by atomic mass is 35.5. The second-order valence-electron chi connectivity index (χ2n) is 5.73. The first kappa shape index (κ1) is 18.2. The van der Waals surface area contributed by atoms with Crippen molar-refractivity contribution in [1.82, 2.24) is 9.97 Å². The van der Waals surface area contributed by atoms with E-state index in [1.54, 1.807) is 6.08 Å². The van der Waals surface area contributed by atoms with Crippen molar-refractivity contribution in [3.63, 3.8) is 0 Å². The molecule has 0 aliphatic carbocycles. The van der Waals surface area contributed by atoms with Crippen LogP contribution in [0.3, 0.4) is 0 Å². The number of alkyl halides is 3. The Labute approximate surface area is 152 Å². The van der Waals surface area contributed by atoms with Gasteiger partial charge >= 0.3 is 6.18 Å². The van der Waals surface area contributed by atoms with Crippen LogP contribution in [0.5, 0.6) is 0 Å². The molecule has 1 N–H and O–H groups in total. The molecule has 0 fully saturated rings. The SMILES string of the molecule is CCc1ccc(/C=C(\Cl)c2nc3cc(C(F)(F)F)ccc3c(=O)[nH]2)cc1. The molecule has 26 heavy (non-hydrogen) atoms. The van der Waals surface area contributed by atoms with Gasteiger partial charge in [0.25, 0.3) is 5.56 Å². The minimum Gasteiger partial charge on any atom is -0.305 e. The first-order valence-corrected chi connectivity index (χ1v) is 8.23. The van der Waals surface area contributed by atoms with Gasteiger partial charge in [-0.05, 0) is 41.8 Å². The number of benzene rings is 2. The minimum atomic E-state index is -4.51. The van der Waals surface area contributed by atoms with Gasteiger partial charge in [0.15, 0.2) is 5.82 Å². The molecule has 1 aromatic heterocycles. The number of nitrogens with one attached hydrogen (secondary N) is 1. The van der Waals surface area contributed by atoms with Crippen LogP contribution in [0.25, 0.3) is 22.0 Å². The standard InChI is InChI=1S/C19H14ClF3N2O/c1-2-11-3-5-12(6-4-11)9-15(20)17-24-16-10-13(19(21,22)23)7-8-14(16)18(26)25-17/h3-10H,2H2,1H3,(H,24,25,26)/b15-9-. The van der Waals surface area contributed by atoms with Gasteiger partial charge in [-0.15, -0.1) is 0 Å². The Bertz CT molecular complexity index is 1040. The zero-order chi connectivity index (χ0) is 18.9. The van der Waals surface area contributed by atoms with E-state index < -0.39 is 17.3 Å². The van der Waals surface area contributed by atoms with Crippen LogP contribution in [0.15, 0.2) is 47.3 Å². The van der Waals surface area contributed by atoms with Gasteiger partial charge in [-0.2, -0.15) is 13.2 Å². The van der Waals surface area contributed by atoms with Crippen molar-refractivity contribution >= 4 is 33.6 Å². The number of H-pyrrole nitrogens is 1. The third-order valence-electron chi connectivity index (χ3n) is 3.94. The van der Waals surface area contributed by atoms with Crippen molar-refractivity contribution in [3.05, 3.63) is 75.3 Å². The Morgan fingerprint density at radius 3 is 2.50 bits per heavy atom. The highest BCUT2D eigenvalue weighted by Crippen LogP contribution is 2.30. The molecule has 0 aliphatic rings. The lowest BCUT2D eigenvalue weighted by atomic mass is 10.1. The van der Waals surface area contributed by atoms with Gasteiger partial charge < -0.3 is 4.98 Å². The van der Waals surface area contributed by atoms with Gasteiger partial charge in [0.1, 0.15) is 0 Å². The molecule has 0 aliphatic heterocycles. The second kappa shape index (κ2) is 6.96. The van der Waals surface area contributed by atoms with E-state index in [1.165, 1.54) is 0 Å². The maximum absolute atomic E-state index is 12.9. The van der Waals surface area contributed by atoms with Crippen molar-refractivity contribution < 1.29 is 13.2 Å². The third kappa shape index (κ3) is 3.80. The Kier molecular flexibility index (Phi) is 4.87. The van der Waals surface area contributed by atoms with Gasteiger partial charge in [-0.1, -0.05) is 42.8 Å². The first-order chi connectivity index (χ1) is 12.3. The van der Waals surface area contributed by atoms with Gasteiger partial charge in [0.2, 0.25) is 0 Å². The third-order valence-corrected chi connectivity index (χ3v) is 4.23. The number of aryl methyl sites for hydroxylation is 1. The number of aromatic amines is 1. The molecule has 3 nitrogen and oxygen atoms in total. The fourth-order valence-corrected chi connectivity index (χ4v) is 2.71. The summed E-state index contributed by atoms with van der Waals surface area (Å²) in [6.45, 7) is 2.04. The maximum Gasteiger partial charge on any atom is 0.416 e. The van der Waals surface area contributed by atoms with Crippen LogP contribution in [-0.2, 0) is 12.6 Å². The minimum absolute atomic E-state index is 0.0167. The lowest BCUT2D eigenvalue weighted by Crippen LogP contribution is -2.12. The molecular formula is C19H14ClF3N2O. The summed E-state index contributed by atoms with van der Waals surface area (Å²) in [4.78, 5) is 18.7. The molecule has 2 aromatic carbocycles. The molecule has 0 bridgehead atoms. The van der Waals surface area contributed by atoms with Crippen molar-refractivity contribution in [2.75, 3.05) is 0 Å². The Hall–Kier alpha value is -2.60. The fraction of sp³-hybridized carbons (Fsp3) is 0.158. The summed E-state index contributed by atoms with van der Waals surface area (Å²) in [6.07, 6.45) is -2.02. The molecular weight excluding hydrogens is 365 g/mol. The molecule has 1 heterocycles. The Morgan fingerprint density at radius 2 is 1.88 bits per heavy atom. The molecule has 0 saturated heterocycles. The van der Waals surface area contributed by atoms with E-state index in [4.69, 9.17) is 11.6 Å². The molecule has 0 unspecified atom stereocenters. The number of rotatable bonds is 3. The van der Waals surface area contributed by atoms with E-state index in [2.05, 4.69) is 9.97 Å². The van der Waals surface area contributed by atoms with E-state index >= 15 is 0 Å². The Morgan fingerprint density at radius 1 is 1.19 bits per heavy atom. The molecule has 0 atom stereocenters. The first-order valence-electron chi connectivity index (χ1n) is 7.85. The van der Waals surface area contributed by atoms with Gasteiger partial charge in [0, 0.05) is 0 Å². The molecule has 0 saturated carbocycles. The van der Waals surface area contributed by atoms with Gasteiger partial charge in [-0.3, -0.25) is 4.79 Å². The summed E-state index contributed by atoms with van der Waals surface area (Å²) in [6, 6.07) is 10.4. The van der Waals surface area contributed by atoms with Crippen LogP contribution >= 0.6 is 11.6 Å². The predicted molar refractivity (Wildman–Crippen MR) is 96.9 cm³/mol. The lowest BCUT2D eigenvalue weighted by molar-refractivity contribution is -0.137. The maximum atomic E-state index is 12.9. The molecule has 134 valence electrons. The monoisotopic (exact) mass is 378 g/mol. The normalized spacial score (nSPS) is 12.6. The number of halogens is 4. The molecule has 0 amide bonds. The summed E-state index contributed by atoms with van der Waals surface area (Å²) in [5.41, 5.74) is 0.469. The predicted octanol–water partition coefficient (Wildman–Crippen LogP) is 5.24. The van der Waals surface area contributed by atoms with E-state index in [-0.39, 0.29) is 21.8 Å². The zero-order valence-electron chi connectivity index (χ0n) is 13.7. The van der Waals surface area contributed by atoms with Crippen LogP contribution in [-0.4, -0.2) is 9.97 Å². The van der Waals surface area contributed by atoms with Crippen LogP contribution in [0.4, 0.5) is 13.2 Å². The highest BCUT2D eigenvalue weighted by Gasteiger charge is 2.30. The molecule has 3 aromatic rings. The van der Waals surface area contributed by atoms with Crippen LogP contribution in [0.2, 0.25) is 0 Å². The van der Waals surface area contributed by atoms with E-state index in [9.17, 15) is 18.0 Å². The van der Waals surface area contributed by atoms with Gasteiger partial charge in [-0.25, -0.2) is 4.98 Å². The van der Waals surface area contributed by atoms with Crippen LogP contribution < -0.4 is 5.56 Å². The van der Waals surface area contributed by atoms with Crippen molar-refractivity contribution in [1.29, 1.82) is 0 Å². The molecule has 7 heteroatoms. The van der Waals surface area contributed by atoms with Crippen molar-refractivity contribution in [2.45, 2.75) is 19.5 Å². The fourth-order valence-electron chi connectivity index (χ4n) is 2.49. The quantitative estimate of drug-likeness (QED) is 0.677. The summed E-state index contributed by atoms with van der Waals surface area (Å²) in [5.74, 6) is 0.0167. The van der Waals surface area contributed by atoms with Crippen molar-refractivity contribution in [3.8, 4) is 0 Å². The zero-order valence-corrected chi connectivity index (χ0v) is 14.4.